The Bertz CT molecular complexity index is 914. The summed E-state index contributed by atoms with van der Waals surface area (Å²) in [6.07, 6.45) is 1.19. The second-order valence-electron chi connectivity index (χ2n) is 5.98. The number of oxime groups is 1. The highest BCUT2D eigenvalue weighted by atomic mass is 79.9. The molecule has 3 rings (SSSR count). The zero-order valence-corrected chi connectivity index (χ0v) is 16.8. The molecule has 0 saturated carbocycles. The van der Waals surface area contributed by atoms with Gasteiger partial charge in [-0.1, -0.05) is 5.16 Å². The molecule has 1 aromatic heterocycles. The maximum absolute atomic E-state index is 13.2. The quantitative estimate of drug-likeness (QED) is 0.506. The largest absolute Gasteiger partial charge is 0.339 e. The van der Waals surface area contributed by atoms with Crippen LogP contribution >= 0.6 is 15.9 Å². The molecule has 0 bridgehead atoms. The van der Waals surface area contributed by atoms with Crippen LogP contribution in [0.15, 0.2) is 32.5 Å². The van der Waals surface area contributed by atoms with Crippen molar-refractivity contribution >= 4 is 45.6 Å². The molecule has 0 radical (unpaired) electrons. The van der Waals surface area contributed by atoms with Crippen molar-refractivity contribution in [2.24, 2.45) is 5.16 Å². The second-order valence-corrected chi connectivity index (χ2v) is 6.83. The maximum Gasteiger partial charge on any atom is 0.323 e. The SMILES string of the molecule is CC(=O)N1CCN(C(=O)Nc2nonc2/C=N/ONc2ccc(F)c(Br)c2)CC1. The molecule has 2 aromatic rings. The van der Waals surface area contributed by atoms with Gasteiger partial charge in [0.15, 0.2) is 5.69 Å². The predicted octanol–water partition coefficient (Wildman–Crippen LogP) is 2.04. The summed E-state index contributed by atoms with van der Waals surface area (Å²) >= 11 is 3.06. The zero-order valence-electron chi connectivity index (χ0n) is 15.3. The number of carbonyl (C=O) groups is 2. The molecule has 154 valence electrons. The lowest BCUT2D eigenvalue weighted by molar-refractivity contribution is -0.130. The fourth-order valence-corrected chi connectivity index (χ4v) is 2.87. The number of urea groups is 1. The first-order valence-electron chi connectivity index (χ1n) is 8.48. The summed E-state index contributed by atoms with van der Waals surface area (Å²) in [7, 11) is 0. The van der Waals surface area contributed by atoms with E-state index in [1.165, 1.54) is 31.3 Å². The number of piperazine rings is 1. The van der Waals surface area contributed by atoms with E-state index in [9.17, 15) is 14.0 Å². The van der Waals surface area contributed by atoms with Crippen molar-refractivity contribution in [1.82, 2.24) is 20.1 Å². The first kappa shape index (κ1) is 20.5. The van der Waals surface area contributed by atoms with Crippen molar-refractivity contribution in [2.75, 3.05) is 37.0 Å². The van der Waals surface area contributed by atoms with E-state index in [1.54, 1.807) is 9.80 Å². The Labute approximate surface area is 172 Å². The number of halogens is 2. The minimum atomic E-state index is -0.407. The molecule has 11 nitrogen and oxygen atoms in total. The van der Waals surface area contributed by atoms with Crippen LogP contribution in [0, 0.1) is 5.82 Å². The highest BCUT2D eigenvalue weighted by Crippen LogP contribution is 2.20. The summed E-state index contributed by atoms with van der Waals surface area (Å²) < 4.78 is 18.1. The van der Waals surface area contributed by atoms with Crippen molar-refractivity contribution in [1.29, 1.82) is 0 Å². The Morgan fingerprint density at radius 2 is 2.00 bits per heavy atom. The number of carbonyl (C=O) groups excluding carboxylic acids is 2. The van der Waals surface area contributed by atoms with Crippen LogP contribution in [0.5, 0.6) is 0 Å². The number of aromatic nitrogens is 2. The molecule has 3 amide bonds. The Hall–Kier alpha value is -3.22. The van der Waals surface area contributed by atoms with E-state index in [0.717, 1.165) is 0 Å². The van der Waals surface area contributed by atoms with Gasteiger partial charge in [0.25, 0.3) is 0 Å². The first-order valence-corrected chi connectivity index (χ1v) is 9.28. The molecule has 2 N–H and O–H groups in total. The van der Waals surface area contributed by atoms with E-state index in [2.05, 4.69) is 46.8 Å². The van der Waals surface area contributed by atoms with Crippen molar-refractivity contribution in [3.63, 3.8) is 0 Å². The van der Waals surface area contributed by atoms with Crippen LogP contribution in [0.25, 0.3) is 0 Å². The number of hydrogen-bond donors (Lipinski definition) is 2. The average Bonchev–Trinajstić information content (AvgIpc) is 3.14. The predicted molar refractivity (Wildman–Crippen MR) is 104 cm³/mol. The molecular formula is C16H17BrFN7O4. The van der Waals surface area contributed by atoms with Crippen molar-refractivity contribution in [3.8, 4) is 0 Å². The lowest BCUT2D eigenvalue weighted by atomic mass is 10.3. The molecular weight excluding hydrogens is 453 g/mol. The maximum atomic E-state index is 13.2. The van der Waals surface area contributed by atoms with E-state index in [-0.39, 0.29) is 21.9 Å². The Balaban J connectivity index is 1.51. The molecule has 2 heterocycles. The third-order valence-corrected chi connectivity index (χ3v) is 4.67. The normalized spacial score (nSPS) is 14.2. The van der Waals surface area contributed by atoms with E-state index in [4.69, 9.17) is 4.94 Å². The molecule has 1 fully saturated rings. The highest BCUT2D eigenvalue weighted by Gasteiger charge is 2.23. The number of nitrogens with zero attached hydrogens (tertiary/aromatic N) is 5. The smallest absolute Gasteiger partial charge is 0.323 e. The van der Waals surface area contributed by atoms with Gasteiger partial charge in [-0.15, -0.1) is 0 Å². The van der Waals surface area contributed by atoms with Gasteiger partial charge >= 0.3 is 6.03 Å². The lowest BCUT2D eigenvalue weighted by Crippen LogP contribution is -2.51. The summed E-state index contributed by atoms with van der Waals surface area (Å²) in [6.45, 7) is 3.23. The van der Waals surface area contributed by atoms with Crippen LogP contribution in [-0.2, 0) is 9.73 Å². The number of anilines is 2. The molecule has 1 aliphatic rings. The van der Waals surface area contributed by atoms with Gasteiger partial charge in [-0.2, -0.15) is 5.48 Å². The van der Waals surface area contributed by atoms with Crippen molar-refractivity contribution in [3.05, 3.63) is 34.2 Å². The summed E-state index contributed by atoms with van der Waals surface area (Å²) in [6, 6.07) is 3.80. The van der Waals surface area contributed by atoms with Gasteiger partial charge in [-0.25, -0.2) is 13.8 Å². The molecule has 1 aromatic carbocycles. The summed E-state index contributed by atoms with van der Waals surface area (Å²) in [5.41, 5.74) is 3.11. The van der Waals surface area contributed by atoms with Crippen LogP contribution in [0.1, 0.15) is 12.6 Å². The van der Waals surface area contributed by atoms with Crippen molar-refractivity contribution in [2.45, 2.75) is 6.92 Å². The summed E-state index contributed by atoms with van der Waals surface area (Å²) in [5.74, 6) is -0.359. The number of benzene rings is 1. The number of rotatable bonds is 5. The van der Waals surface area contributed by atoms with Gasteiger partial charge in [0.1, 0.15) is 12.0 Å². The van der Waals surface area contributed by atoms with E-state index in [1.807, 2.05) is 0 Å². The minimum absolute atomic E-state index is 0.0224. The molecule has 0 atom stereocenters. The standard InChI is InChI=1S/C16H17BrFN7O4/c1-10(26)24-4-6-25(7-5-24)16(27)20-15-14(22-29-23-15)9-19-28-21-11-2-3-13(18)12(17)8-11/h2-3,8-9,21H,4-7H2,1H3,(H,20,23,27)/b19-9+. The van der Waals surface area contributed by atoms with Crippen LogP contribution in [0.2, 0.25) is 0 Å². The molecule has 13 heteroatoms. The average molecular weight is 470 g/mol. The van der Waals surface area contributed by atoms with Crippen LogP contribution in [0.4, 0.5) is 20.7 Å². The van der Waals surface area contributed by atoms with Crippen LogP contribution < -0.4 is 10.8 Å². The third-order valence-electron chi connectivity index (χ3n) is 4.06. The van der Waals surface area contributed by atoms with E-state index in [0.29, 0.717) is 31.9 Å². The van der Waals surface area contributed by atoms with E-state index < -0.39 is 11.8 Å². The Morgan fingerprint density at radius 3 is 2.69 bits per heavy atom. The highest BCUT2D eigenvalue weighted by molar-refractivity contribution is 9.10. The second kappa shape index (κ2) is 9.32. The number of amides is 3. The number of nitrogens with one attached hydrogen (secondary N) is 2. The zero-order chi connectivity index (χ0) is 20.8. The molecule has 29 heavy (non-hydrogen) atoms. The van der Waals surface area contributed by atoms with Crippen LogP contribution in [-0.4, -0.2) is 64.4 Å². The molecule has 0 unspecified atom stereocenters. The van der Waals surface area contributed by atoms with E-state index >= 15 is 0 Å². The number of hydrogen-bond acceptors (Lipinski definition) is 8. The Morgan fingerprint density at radius 1 is 1.28 bits per heavy atom. The van der Waals surface area contributed by atoms with Gasteiger partial charge < -0.3 is 9.80 Å². The minimum Gasteiger partial charge on any atom is -0.339 e. The monoisotopic (exact) mass is 469 g/mol. The van der Waals surface area contributed by atoms with Gasteiger partial charge in [-0.3, -0.25) is 15.0 Å². The molecule has 0 spiro atoms. The Kier molecular flexibility index (Phi) is 6.59. The summed E-state index contributed by atoms with van der Waals surface area (Å²) in [5, 5.41) is 13.5. The lowest BCUT2D eigenvalue weighted by Gasteiger charge is -2.33. The van der Waals surface area contributed by atoms with Gasteiger partial charge in [0, 0.05) is 33.1 Å². The third kappa shape index (κ3) is 5.40. The van der Waals surface area contributed by atoms with Crippen molar-refractivity contribution < 1.29 is 23.5 Å². The topological polar surface area (TPSA) is 125 Å². The van der Waals surface area contributed by atoms with Gasteiger partial charge in [0.2, 0.25) is 11.7 Å². The summed E-state index contributed by atoms with van der Waals surface area (Å²) in [4.78, 5) is 31.8. The van der Waals surface area contributed by atoms with Gasteiger partial charge in [-0.05, 0) is 44.4 Å². The molecule has 1 aliphatic heterocycles. The van der Waals surface area contributed by atoms with Gasteiger partial charge in [0.05, 0.1) is 10.2 Å². The first-order chi connectivity index (χ1) is 13.9. The fourth-order valence-electron chi connectivity index (χ4n) is 2.49. The molecule has 1 saturated heterocycles. The van der Waals surface area contributed by atoms with Crippen LogP contribution in [0.3, 0.4) is 0 Å². The fraction of sp³-hybridized carbons (Fsp3) is 0.312. The molecule has 0 aliphatic carbocycles.